The molecule has 136 valence electrons. The number of rotatable bonds is 6. The zero-order valence-electron chi connectivity index (χ0n) is 14.8. The fourth-order valence-corrected chi connectivity index (χ4v) is 2.33. The third-order valence-corrected chi connectivity index (χ3v) is 4.05. The first-order valence-corrected chi connectivity index (χ1v) is 7.99. The van der Waals surface area contributed by atoms with Gasteiger partial charge in [-0.15, -0.1) is 0 Å². The standard InChI is InChI=1S/C19H20N2O5/c1-13-9-10-15(21(24)25)11-16(13)20-17(22)12-26-18(23)19(2,3)14-7-5-4-6-8-14/h4-11H,12H2,1-3H3,(H,20,22). The van der Waals surface area contributed by atoms with Gasteiger partial charge in [0.25, 0.3) is 11.6 Å². The molecule has 0 radical (unpaired) electrons. The van der Waals surface area contributed by atoms with E-state index in [0.29, 0.717) is 11.3 Å². The Kier molecular flexibility index (Phi) is 5.71. The van der Waals surface area contributed by atoms with Crippen molar-refractivity contribution in [2.45, 2.75) is 26.2 Å². The van der Waals surface area contributed by atoms with Crippen LogP contribution in [-0.2, 0) is 19.7 Å². The Morgan fingerprint density at radius 1 is 1.15 bits per heavy atom. The van der Waals surface area contributed by atoms with Crippen molar-refractivity contribution in [2.75, 3.05) is 11.9 Å². The number of carbonyl (C=O) groups excluding carboxylic acids is 2. The lowest BCUT2D eigenvalue weighted by atomic mass is 9.85. The number of nitro groups is 1. The molecule has 0 fully saturated rings. The van der Waals surface area contributed by atoms with Crippen LogP contribution in [0.4, 0.5) is 11.4 Å². The molecule has 2 rings (SSSR count). The van der Waals surface area contributed by atoms with E-state index in [1.807, 2.05) is 30.3 Å². The number of esters is 1. The topological polar surface area (TPSA) is 98.5 Å². The maximum Gasteiger partial charge on any atom is 0.316 e. The van der Waals surface area contributed by atoms with E-state index in [1.54, 1.807) is 20.8 Å². The highest BCUT2D eigenvalue weighted by Crippen LogP contribution is 2.25. The van der Waals surface area contributed by atoms with Gasteiger partial charge in [0, 0.05) is 12.1 Å². The van der Waals surface area contributed by atoms with Crippen molar-refractivity contribution in [3.05, 3.63) is 69.8 Å². The van der Waals surface area contributed by atoms with Crippen molar-refractivity contribution in [1.29, 1.82) is 0 Å². The summed E-state index contributed by atoms with van der Waals surface area (Å²) in [5.41, 5.74) is 0.721. The SMILES string of the molecule is Cc1ccc([N+](=O)[O-])cc1NC(=O)COC(=O)C(C)(C)c1ccccc1. The average Bonchev–Trinajstić information content (AvgIpc) is 2.62. The molecular formula is C19H20N2O5. The summed E-state index contributed by atoms with van der Waals surface area (Å²) in [6.45, 7) is 4.67. The normalized spacial score (nSPS) is 10.9. The Bertz CT molecular complexity index is 831. The highest BCUT2D eigenvalue weighted by molar-refractivity contribution is 5.94. The lowest BCUT2D eigenvalue weighted by Crippen LogP contribution is -2.33. The van der Waals surface area contributed by atoms with E-state index in [-0.39, 0.29) is 5.69 Å². The van der Waals surface area contributed by atoms with Gasteiger partial charge in [0.2, 0.25) is 0 Å². The number of carbonyl (C=O) groups is 2. The maximum absolute atomic E-state index is 12.3. The number of nitro benzene ring substituents is 1. The Morgan fingerprint density at radius 2 is 1.81 bits per heavy atom. The molecule has 0 aliphatic heterocycles. The average molecular weight is 356 g/mol. The van der Waals surface area contributed by atoms with E-state index in [1.165, 1.54) is 18.2 Å². The fraction of sp³-hybridized carbons (Fsp3) is 0.263. The zero-order valence-corrected chi connectivity index (χ0v) is 14.8. The number of hydrogen-bond acceptors (Lipinski definition) is 5. The fourth-order valence-electron chi connectivity index (χ4n) is 2.33. The summed E-state index contributed by atoms with van der Waals surface area (Å²) in [4.78, 5) is 34.7. The number of ether oxygens (including phenoxy) is 1. The second-order valence-electron chi connectivity index (χ2n) is 6.37. The van der Waals surface area contributed by atoms with Gasteiger partial charge in [-0.05, 0) is 31.9 Å². The summed E-state index contributed by atoms with van der Waals surface area (Å²) in [5, 5.41) is 13.4. The summed E-state index contributed by atoms with van der Waals surface area (Å²) < 4.78 is 5.13. The van der Waals surface area contributed by atoms with Gasteiger partial charge in [-0.25, -0.2) is 0 Å². The maximum atomic E-state index is 12.3. The van der Waals surface area contributed by atoms with Crippen LogP contribution in [0.1, 0.15) is 25.0 Å². The second kappa shape index (κ2) is 7.77. The number of nitrogens with one attached hydrogen (secondary N) is 1. The smallest absolute Gasteiger partial charge is 0.316 e. The van der Waals surface area contributed by atoms with Gasteiger partial charge in [0.1, 0.15) is 0 Å². The van der Waals surface area contributed by atoms with Crippen molar-refractivity contribution in [3.8, 4) is 0 Å². The van der Waals surface area contributed by atoms with Gasteiger partial charge >= 0.3 is 5.97 Å². The Labute approximate surface area is 151 Å². The molecule has 0 spiro atoms. The van der Waals surface area contributed by atoms with Crippen molar-refractivity contribution >= 4 is 23.3 Å². The monoisotopic (exact) mass is 356 g/mol. The number of aryl methyl sites for hydroxylation is 1. The van der Waals surface area contributed by atoms with Gasteiger partial charge in [-0.3, -0.25) is 19.7 Å². The van der Waals surface area contributed by atoms with Crippen molar-refractivity contribution in [2.24, 2.45) is 0 Å². The molecule has 7 heteroatoms. The van der Waals surface area contributed by atoms with E-state index in [2.05, 4.69) is 5.32 Å². The predicted octanol–water partition coefficient (Wildman–Crippen LogP) is 3.36. The van der Waals surface area contributed by atoms with Crippen LogP contribution >= 0.6 is 0 Å². The number of non-ortho nitro benzene ring substituents is 1. The van der Waals surface area contributed by atoms with Crippen LogP contribution in [0.2, 0.25) is 0 Å². The molecule has 0 aliphatic carbocycles. The molecule has 0 bridgehead atoms. The molecule has 1 amide bonds. The predicted molar refractivity (Wildman–Crippen MR) is 96.9 cm³/mol. The molecule has 0 aliphatic rings. The first-order chi connectivity index (χ1) is 12.2. The van der Waals surface area contributed by atoms with Crippen molar-refractivity contribution in [3.63, 3.8) is 0 Å². The number of anilines is 1. The van der Waals surface area contributed by atoms with Crippen molar-refractivity contribution < 1.29 is 19.2 Å². The molecule has 0 saturated heterocycles. The van der Waals surface area contributed by atoms with E-state index < -0.39 is 28.8 Å². The summed E-state index contributed by atoms with van der Waals surface area (Å²) in [6, 6.07) is 13.3. The van der Waals surface area contributed by atoms with Crippen LogP contribution in [0.15, 0.2) is 48.5 Å². The first-order valence-electron chi connectivity index (χ1n) is 7.99. The summed E-state index contributed by atoms with van der Waals surface area (Å²) in [5.74, 6) is -1.10. The second-order valence-corrected chi connectivity index (χ2v) is 6.37. The number of amides is 1. The minimum Gasteiger partial charge on any atom is -0.455 e. The largest absolute Gasteiger partial charge is 0.455 e. The van der Waals surface area contributed by atoms with E-state index >= 15 is 0 Å². The molecule has 0 aromatic heterocycles. The summed E-state index contributed by atoms with van der Waals surface area (Å²) in [6.07, 6.45) is 0. The number of benzene rings is 2. The van der Waals surface area contributed by atoms with Gasteiger partial charge in [-0.1, -0.05) is 36.4 Å². The summed E-state index contributed by atoms with van der Waals surface area (Å²) >= 11 is 0. The molecular weight excluding hydrogens is 336 g/mol. The van der Waals surface area contributed by atoms with Crippen LogP contribution in [-0.4, -0.2) is 23.4 Å². The lowest BCUT2D eigenvalue weighted by molar-refractivity contribution is -0.384. The highest BCUT2D eigenvalue weighted by atomic mass is 16.6. The van der Waals surface area contributed by atoms with Crippen LogP contribution < -0.4 is 5.32 Å². The van der Waals surface area contributed by atoms with Gasteiger partial charge in [0.15, 0.2) is 6.61 Å². The molecule has 2 aromatic carbocycles. The van der Waals surface area contributed by atoms with E-state index in [0.717, 1.165) is 5.56 Å². The van der Waals surface area contributed by atoms with Crippen LogP contribution in [0.3, 0.4) is 0 Å². The van der Waals surface area contributed by atoms with E-state index in [4.69, 9.17) is 4.74 Å². The Hall–Kier alpha value is -3.22. The third-order valence-electron chi connectivity index (χ3n) is 4.05. The number of nitrogens with zero attached hydrogens (tertiary/aromatic N) is 1. The Balaban J connectivity index is 2.00. The van der Waals surface area contributed by atoms with Crippen molar-refractivity contribution in [1.82, 2.24) is 0 Å². The Morgan fingerprint density at radius 3 is 2.42 bits per heavy atom. The molecule has 1 N–H and O–H groups in total. The minimum atomic E-state index is -0.900. The van der Waals surface area contributed by atoms with Crippen LogP contribution in [0, 0.1) is 17.0 Å². The molecule has 7 nitrogen and oxygen atoms in total. The van der Waals surface area contributed by atoms with Crippen LogP contribution in [0.25, 0.3) is 0 Å². The molecule has 0 atom stereocenters. The van der Waals surface area contributed by atoms with Gasteiger partial charge in [0.05, 0.1) is 16.0 Å². The first kappa shape index (κ1) is 19.1. The summed E-state index contributed by atoms with van der Waals surface area (Å²) in [7, 11) is 0. The van der Waals surface area contributed by atoms with Gasteiger partial charge < -0.3 is 10.1 Å². The molecule has 0 saturated carbocycles. The molecule has 0 heterocycles. The quantitative estimate of drug-likeness (QED) is 0.486. The lowest BCUT2D eigenvalue weighted by Gasteiger charge is -2.22. The molecule has 0 unspecified atom stereocenters. The highest BCUT2D eigenvalue weighted by Gasteiger charge is 2.31. The third kappa shape index (κ3) is 4.44. The zero-order chi connectivity index (χ0) is 19.3. The molecule has 26 heavy (non-hydrogen) atoms. The van der Waals surface area contributed by atoms with Crippen LogP contribution in [0.5, 0.6) is 0 Å². The number of hydrogen-bond donors (Lipinski definition) is 1. The minimum absolute atomic E-state index is 0.131. The van der Waals surface area contributed by atoms with Gasteiger partial charge in [-0.2, -0.15) is 0 Å². The molecule has 2 aromatic rings. The van der Waals surface area contributed by atoms with E-state index in [9.17, 15) is 19.7 Å².